The predicted molar refractivity (Wildman–Crippen MR) is 53.6 cm³/mol. The molecular weight excluding hydrogens is 246 g/mol. The first-order valence-electron chi connectivity index (χ1n) is 4.57. The van der Waals surface area contributed by atoms with E-state index in [0.717, 1.165) is 6.07 Å². The van der Waals surface area contributed by atoms with Crippen molar-refractivity contribution in [1.82, 2.24) is 0 Å². The maximum Gasteiger partial charge on any atom is 0.389 e. The first kappa shape index (κ1) is 13.3. The summed E-state index contributed by atoms with van der Waals surface area (Å²) in [5, 5.41) is -0.139. The molecule has 0 amide bonds. The van der Waals surface area contributed by atoms with E-state index in [1.165, 1.54) is 12.1 Å². The third-order valence-electron chi connectivity index (χ3n) is 2.11. The lowest BCUT2D eigenvalue weighted by molar-refractivity contribution is -0.136. The zero-order valence-corrected chi connectivity index (χ0v) is 8.95. The van der Waals surface area contributed by atoms with E-state index >= 15 is 0 Å². The van der Waals surface area contributed by atoms with Crippen LogP contribution in [0.1, 0.15) is 24.4 Å². The fourth-order valence-electron chi connectivity index (χ4n) is 1.23. The lowest BCUT2D eigenvalue weighted by Crippen LogP contribution is -2.15. The van der Waals surface area contributed by atoms with E-state index in [4.69, 9.17) is 17.3 Å². The number of hydrogen-bond acceptors (Lipinski definition) is 1. The number of halogens is 5. The van der Waals surface area contributed by atoms with E-state index in [-0.39, 0.29) is 11.4 Å². The van der Waals surface area contributed by atoms with Crippen molar-refractivity contribution in [1.29, 1.82) is 0 Å². The third-order valence-corrected chi connectivity index (χ3v) is 2.40. The minimum absolute atomic E-state index is 0.139. The van der Waals surface area contributed by atoms with Crippen LogP contribution in [0.2, 0.25) is 5.02 Å². The molecule has 0 unspecified atom stereocenters. The Labute approximate surface area is 95.2 Å². The molecule has 0 aliphatic heterocycles. The van der Waals surface area contributed by atoms with Crippen molar-refractivity contribution in [2.24, 2.45) is 5.73 Å². The number of nitrogens with two attached hydrogens (primary N) is 1. The lowest BCUT2D eigenvalue weighted by atomic mass is 10.0. The molecule has 0 aliphatic carbocycles. The smallest absolute Gasteiger partial charge is 0.324 e. The molecule has 0 saturated carbocycles. The average Bonchev–Trinajstić information content (AvgIpc) is 2.17. The van der Waals surface area contributed by atoms with E-state index in [1.807, 2.05) is 0 Å². The Kier molecular flexibility index (Phi) is 4.15. The monoisotopic (exact) mass is 255 g/mol. The second-order valence-corrected chi connectivity index (χ2v) is 3.84. The molecule has 0 spiro atoms. The van der Waals surface area contributed by atoms with Gasteiger partial charge in [0.15, 0.2) is 0 Å². The Balaban J connectivity index is 2.66. The van der Waals surface area contributed by atoms with E-state index in [2.05, 4.69) is 0 Å². The summed E-state index contributed by atoms with van der Waals surface area (Å²) >= 11 is 5.50. The van der Waals surface area contributed by atoms with Crippen molar-refractivity contribution in [3.05, 3.63) is 34.6 Å². The molecule has 0 heterocycles. The van der Waals surface area contributed by atoms with Crippen molar-refractivity contribution in [2.45, 2.75) is 25.1 Å². The highest BCUT2D eigenvalue weighted by molar-refractivity contribution is 6.30. The van der Waals surface area contributed by atoms with E-state index in [9.17, 15) is 17.6 Å². The molecule has 1 aromatic carbocycles. The largest absolute Gasteiger partial charge is 0.389 e. The summed E-state index contributed by atoms with van der Waals surface area (Å²) < 4.78 is 48.6. The molecule has 90 valence electrons. The van der Waals surface area contributed by atoms with Crippen LogP contribution >= 0.6 is 11.6 Å². The molecule has 1 aromatic rings. The van der Waals surface area contributed by atoms with Crippen LogP contribution < -0.4 is 5.73 Å². The van der Waals surface area contributed by atoms with Gasteiger partial charge in [-0.1, -0.05) is 17.7 Å². The van der Waals surface area contributed by atoms with Gasteiger partial charge in [0.1, 0.15) is 5.82 Å². The van der Waals surface area contributed by atoms with Crippen molar-refractivity contribution >= 4 is 11.6 Å². The highest BCUT2D eigenvalue weighted by atomic mass is 35.5. The van der Waals surface area contributed by atoms with Crippen LogP contribution in [0, 0.1) is 5.82 Å². The van der Waals surface area contributed by atoms with Gasteiger partial charge in [0, 0.05) is 12.5 Å². The van der Waals surface area contributed by atoms with Gasteiger partial charge in [-0.05, 0) is 24.1 Å². The fraction of sp³-hybridized carbons (Fsp3) is 0.400. The number of benzene rings is 1. The second kappa shape index (κ2) is 5.01. The molecule has 6 heteroatoms. The van der Waals surface area contributed by atoms with Gasteiger partial charge in [0.2, 0.25) is 0 Å². The second-order valence-electron chi connectivity index (χ2n) is 3.43. The average molecular weight is 256 g/mol. The summed E-state index contributed by atoms with van der Waals surface area (Å²) in [6.45, 7) is 0. The molecule has 1 rings (SSSR count). The summed E-state index contributed by atoms with van der Waals surface area (Å²) in [6.07, 6.45) is -5.45. The molecule has 0 bridgehead atoms. The molecule has 0 aromatic heterocycles. The van der Waals surface area contributed by atoms with Gasteiger partial charge in [-0.3, -0.25) is 0 Å². The van der Waals surface area contributed by atoms with Crippen LogP contribution in [0.3, 0.4) is 0 Å². The Bertz CT molecular complexity index is 364. The SMILES string of the molecule is N[C@@H](CCC(F)(F)F)c1ccc(F)c(Cl)c1. The molecular formula is C10H10ClF4N. The summed E-state index contributed by atoms with van der Waals surface area (Å²) in [5.41, 5.74) is 5.94. The quantitative estimate of drug-likeness (QED) is 0.817. The van der Waals surface area contributed by atoms with E-state index < -0.39 is 24.5 Å². The van der Waals surface area contributed by atoms with Crippen molar-refractivity contribution < 1.29 is 17.6 Å². The van der Waals surface area contributed by atoms with Gasteiger partial charge in [0.05, 0.1) is 5.02 Å². The zero-order chi connectivity index (χ0) is 12.3. The van der Waals surface area contributed by atoms with Crippen molar-refractivity contribution in [2.75, 3.05) is 0 Å². The van der Waals surface area contributed by atoms with Crippen LogP contribution in [0.15, 0.2) is 18.2 Å². The lowest BCUT2D eigenvalue weighted by Gasteiger charge is -2.13. The predicted octanol–water partition coefficient (Wildman–Crippen LogP) is 3.82. The molecule has 0 fully saturated rings. The standard InChI is InChI=1S/C10H10ClF4N/c11-7-5-6(1-2-8(7)12)9(16)3-4-10(13,14)15/h1-2,5,9H,3-4,16H2/t9-/m0/s1. The Hall–Kier alpha value is -0.810. The number of alkyl halides is 3. The molecule has 1 atom stereocenters. The first-order chi connectivity index (χ1) is 7.29. The summed E-state index contributed by atoms with van der Waals surface area (Å²) in [6, 6.07) is 2.88. The minimum Gasteiger partial charge on any atom is -0.324 e. The molecule has 0 radical (unpaired) electrons. The number of hydrogen-bond donors (Lipinski definition) is 1. The molecule has 0 saturated heterocycles. The van der Waals surface area contributed by atoms with Gasteiger partial charge in [-0.15, -0.1) is 0 Å². The Morgan fingerprint density at radius 3 is 2.44 bits per heavy atom. The van der Waals surface area contributed by atoms with Crippen LogP contribution in [0.25, 0.3) is 0 Å². The molecule has 0 aliphatic rings. The Morgan fingerprint density at radius 2 is 1.94 bits per heavy atom. The third kappa shape index (κ3) is 3.98. The highest BCUT2D eigenvalue weighted by Crippen LogP contribution is 2.27. The first-order valence-corrected chi connectivity index (χ1v) is 4.94. The van der Waals surface area contributed by atoms with Crippen LogP contribution in [-0.2, 0) is 0 Å². The van der Waals surface area contributed by atoms with Gasteiger partial charge in [0.25, 0.3) is 0 Å². The van der Waals surface area contributed by atoms with Crippen LogP contribution in [0.4, 0.5) is 17.6 Å². The van der Waals surface area contributed by atoms with Gasteiger partial charge in [-0.25, -0.2) is 4.39 Å². The minimum atomic E-state index is -4.23. The van der Waals surface area contributed by atoms with Gasteiger partial charge in [-0.2, -0.15) is 13.2 Å². The van der Waals surface area contributed by atoms with Gasteiger partial charge >= 0.3 is 6.18 Å². The summed E-state index contributed by atoms with van der Waals surface area (Å²) in [4.78, 5) is 0. The Morgan fingerprint density at radius 1 is 1.31 bits per heavy atom. The molecule has 1 nitrogen and oxygen atoms in total. The zero-order valence-electron chi connectivity index (χ0n) is 8.19. The fourth-order valence-corrected chi connectivity index (χ4v) is 1.42. The summed E-state index contributed by atoms with van der Waals surface area (Å²) in [7, 11) is 0. The molecule has 2 N–H and O–H groups in total. The van der Waals surface area contributed by atoms with E-state index in [0.29, 0.717) is 5.56 Å². The summed E-state index contributed by atoms with van der Waals surface area (Å²) in [5.74, 6) is -0.617. The number of rotatable bonds is 3. The van der Waals surface area contributed by atoms with Crippen molar-refractivity contribution in [3.63, 3.8) is 0 Å². The van der Waals surface area contributed by atoms with Crippen LogP contribution in [-0.4, -0.2) is 6.18 Å². The normalized spacial score (nSPS) is 13.9. The highest BCUT2D eigenvalue weighted by Gasteiger charge is 2.27. The maximum absolute atomic E-state index is 12.8. The van der Waals surface area contributed by atoms with E-state index in [1.54, 1.807) is 0 Å². The van der Waals surface area contributed by atoms with Crippen molar-refractivity contribution in [3.8, 4) is 0 Å². The topological polar surface area (TPSA) is 26.0 Å². The molecule has 16 heavy (non-hydrogen) atoms. The van der Waals surface area contributed by atoms with Gasteiger partial charge < -0.3 is 5.73 Å². The van der Waals surface area contributed by atoms with Crippen LogP contribution in [0.5, 0.6) is 0 Å². The maximum atomic E-state index is 12.8.